The fraction of sp³-hybridized carbons (Fsp3) is 0.200. The molecule has 2 rings (SSSR count). The molecule has 0 bridgehead atoms. The monoisotopic (exact) mass is 237 g/mol. The molecule has 2 aromatic rings. The molecule has 0 spiro atoms. The minimum atomic E-state index is 0.624. The molecule has 1 aromatic heterocycles. The molecule has 0 radical (unpaired) electrons. The first-order chi connectivity index (χ1) is 8.85. The Bertz CT molecular complexity index is 570. The smallest absolute Gasteiger partial charge is 0.101 e. The Balaban J connectivity index is 2.14. The van der Waals surface area contributed by atoms with Gasteiger partial charge in [-0.15, -0.1) is 0 Å². The van der Waals surface area contributed by atoms with Gasteiger partial charge in [0.05, 0.1) is 17.4 Å². The van der Waals surface area contributed by atoms with Gasteiger partial charge in [-0.3, -0.25) is 4.98 Å². The van der Waals surface area contributed by atoms with Crippen molar-refractivity contribution in [3.8, 4) is 6.07 Å². The second kappa shape index (κ2) is 5.83. The van der Waals surface area contributed by atoms with Crippen LogP contribution in [-0.4, -0.2) is 4.98 Å². The number of nitrogens with zero attached hydrogens (tertiary/aromatic N) is 2. The van der Waals surface area contributed by atoms with Crippen LogP contribution < -0.4 is 5.32 Å². The SMILES string of the molecule is CCc1ccccc1CNc1cnccc1C#N. The van der Waals surface area contributed by atoms with E-state index >= 15 is 0 Å². The lowest BCUT2D eigenvalue weighted by atomic mass is 10.1. The molecule has 0 saturated heterocycles. The average Bonchev–Trinajstić information content (AvgIpc) is 2.45. The molecule has 3 nitrogen and oxygen atoms in total. The fourth-order valence-electron chi connectivity index (χ4n) is 1.90. The molecule has 0 saturated carbocycles. The minimum Gasteiger partial charge on any atom is -0.379 e. The Labute approximate surface area is 107 Å². The summed E-state index contributed by atoms with van der Waals surface area (Å²) in [5.41, 5.74) is 3.99. The van der Waals surface area contributed by atoms with Gasteiger partial charge in [-0.05, 0) is 23.6 Å². The van der Waals surface area contributed by atoms with Crippen molar-refractivity contribution in [2.45, 2.75) is 19.9 Å². The van der Waals surface area contributed by atoms with Crippen LogP contribution in [0, 0.1) is 11.3 Å². The van der Waals surface area contributed by atoms with Crippen LogP contribution in [0.15, 0.2) is 42.7 Å². The van der Waals surface area contributed by atoms with E-state index in [4.69, 9.17) is 5.26 Å². The molecule has 18 heavy (non-hydrogen) atoms. The zero-order valence-corrected chi connectivity index (χ0v) is 10.4. The molecule has 0 aliphatic rings. The van der Waals surface area contributed by atoms with Gasteiger partial charge in [0, 0.05) is 12.7 Å². The van der Waals surface area contributed by atoms with E-state index in [9.17, 15) is 0 Å². The second-order valence-corrected chi connectivity index (χ2v) is 4.01. The summed E-state index contributed by atoms with van der Waals surface area (Å²) in [5.74, 6) is 0. The molecule has 90 valence electrons. The van der Waals surface area contributed by atoms with Crippen molar-refractivity contribution in [3.63, 3.8) is 0 Å². The highest BCUT2D eigenvalue weighted by Crippen LogP contribution is 2.15. The largest absolute Gasteiger partial charge is 0.379 e. The number of nitrogens with one attached hydrogen (secondary N) is 1. The molecule has 3 heteroatoms. The fourth-order valence-corrected chi connectivity index (χ4v) is 1.90. The maximum atomic E-state index is 9.00. The van der Waals surface area contributed by atoms with Crippen LogP contribution in [-0.2, 0) is 13.0 Å². The number of pyridine rings is 1. The van der Waals surface area contributed by atoms with Gasteiger partial charge in [0.25, 0.3) is 0 Å². The first-order valence-electron chi connectivity index (χ1n) is 6.00. The van der Waals surface area contributed by atoms with Gasteiger partial charge in [0.1, 0.15) is 6.07 Å². The molecule has 0 aliphatic heterocycles. The molecule has 0 aliphatic carbocycles. The highest BCUT2D eigenvalue weighted by molar-refractivity contribution is 5.55. The van der Waals surface area contributed by atoms with E-state index in [1.807, 2.05) is 12.1 Å². The lowest BCUT2D eigenvalue weighted by molar-refractivity contribution is 1.04. The van der Waals surface area contributed by atoms with Gasteiger partial charge in [-0.2, -0.15) is 5.26 Å². The van der Waals surface area contributed by atoms with E-state index in [1.54, 1.807) is 18.5 Å². The van der Waals surface area contributed by atoms with Crippen LogP contribution >= 0.6 is 0 Å². The number of anilines is 1. The summed E-state index contributed by atoms with van der Waals surface area (Å²) in [7, 11) is 0. The third-order valence-electron chi connectivity index (χ3n) is 2.91. The third-order valence-corrected chi connectivity index (χ3v) is 2.91. The lowest BCUT2D eigenvalue weighted by Crippen LogP contribution is -2.04. The summed E-state index contributed by atoms with van der Waals surface area (Å²) in [6, 6.07) is 12.2. The molecular formula is C15H15N3. The summed E-state index contributed by atoms with van der Waals surface area (Å²) in [4.78, 5) is 4.03. The Hall–Kier alpha value is -2.34. The topological polar surface area (TPSA) is 48.7 Å². The normalized spacial score (nSPS) is 9.78. The highest BCUT2D eigenvalue weighted by Gasteiger charge is 2.03. The van der Waals surface area contributed by atoms with Crippen molar-refractivity contribution < 1.29 is 0 Å². The molecule has 1 N–H and O–H groups in total. The van der Waals surface area contributed by atoms with Crippen LogP contribution in [0.3, 0.4) is 0 Å². The number of benzene rings is 1. The van der Waals surface area contributed by atoms with Crippen molar-refractivity contribution in [3.05, 3.63) is 59.4 Å². The van der Waals surface area contributed by atoms with E-state index in [0.29, 0.717) is 12.1 Å². The Morgan fingerprint density at radius 3 is 2.72 bits per heavy atom. The van der Waals surface area contributed by atoms with E-state index in [-0.39, 0.29) is 0 Å². The van der Waals surface area contributed by atoms with Crippen LogP contribution in [0.5, 0.6) is 0 Å². The highest BCUT2D eigenvalue weighted by atomic mass is 14.9. The average molecular weight is 237 g/mol. The van der Waals surface area contributed by atoms with E-state index in [2.05, 4.69) is 35.4 Å². The van der Waals surface area contributed by atoms with Crippen LogP contribution in [0.4, 0.5) is 5.69 Å². The lowest BCUT2D eigenvalue weighted by Gasteiger charge is -2.10. The number of aryl methyl sites for hydroxylation is 1. The number of aromatic nitrogens is 1. The zero-order valence-electron chi connectivity index (χ0n) is 10.4. The van der Waals surface area contributed by atoms with E-state index < -0.39 is 0 Å². The molecule has 1 aromatic carbocycles. The maximum Gasteiger partial charge on any atom is 0.101 e. The van der Waals surface area contributed by atoms with Crippen molar-refractivity contribution in [1.29, 1.82) is 5.26 Å². The molecule has 1 heterocycles. The first kappa shape index (κ1) is 12.1. The minimum absolute atomic E-state index is 0.624. The van der Waals surface area contributed by atoms with Gasteiger partial charge >= 0.3 is 0 Å². The van der Waals surface area contributed by atoms with Crippen LogP contribution in [0.2, 0.25) is 0 Å². The third kappa shape index (κ3) is 2.67. The van der Waals surface area contributed by atoms with Gasteiger partial charge in [-0.1, -0.05) is 31.2 Å². The molecule has 0 unspecified atom stereocenters. The van der Waals surface area contributed by atoms with Gasteiger partial charge in [0.15, 0.2) is 0 Å². The van der Waals surface area contributed by atoms with Crippen molar-refractivity contribution in [2.24, 2.45) is 0 Å². The predicted molar refractivity (Wildman–Crippen MR) is 72.1 cm³/mol. The molecular weight excluding hydrogens is 222 g/mol. The molecule has 0 amide bonds. The summed E-state index contributed by atoms with van der Waals surface area (Å²) < 4.78 is 0. The summed E-state index contributed by atoms with van der Waals surface area (Å²) in [6.45, 7) is 2.86. The van der Waals surface area contributed by atoms with Gasteiger partial charge < -0.3 is 5.32 Å². The van der Waals surface area contributed by atoms with Crippen molar-refractivity contribution in [2.75, 3.05) is 5.32 Å². The molecule has 0 atom stereocenters. The van der Waals surface area contributed by atoms with Crippen molar-refractivity contribution >= 4 is 5.69 Å². The maximum absolute atomic E-state index is 9.00. The number of hydrogen-bond acceptors (Lipinski definition) is 3. The summed E-state index contributed by atoms with van der Waals surface area (Å²) in [6.07, 6.45) is 4.33. The zero-order chi connectivity index (χ0) is 12.8. The predicted octanol–water partition coefficient (Wildman–Crippen LogP) is 3.13. The summed E-state index contributed by atoms with van der Waals surface area (Å²) in [5, 5.41) is 12.3. The quantitative estimate of drug-likeness (QED) is 0.888. The Morgan fingerprint density at radius 1 is 1.22 bits per heavy atom. The van der Waals surface area contributed by atoms with Gasteiger partial charge in [0.2, 0.25) is 0 Å². The number of rotatable bonds is 4. The number of nitriles is 1. The second-order valence-electron chi connectivity index (χ2n) is 4.01. The molecule has 0 fully saturated rings. The number of hydrogen-bond donors (Lipinski definition) is 1. The Morgan fingerprint density at radius 2 is 2.00 bits per heavy atom. The Kier molecular flexibility index (Phi) is 3.93. The van der Waals surface area contributed by atoms with Crippen molar-refractivity contribution in [1.82, 2.24) is 4.98 Å². The van der Waals surface area contributed by atoms with E-state index in [0.717, 1.165) is 12.1 Å². The van der Waals surface area contributed by atoms with Crippen LogP contribution in [0.25, 0.3) is 0 Å². The standard InChI is InChI=1S/C15H15N3/c1-2-12-5-3-4-6-14(12)10-18-15-11-17-8-7-13(15)9-16/h3-8,11,18H,2,10H2,1H3. The van der Waals surface area contributed by atoms with Gasteiger partial charge in [-0.25, -0.2) is 0 Å². The van der Waals surface area contributed by atoms with Crippen LogP contribution in [0.1, 0.15) is 23.6 Å². The van der Waals surface area contributed by atoms with E-state index in [1.165, 1.54) is 11.1 Å². The summed E-state index contributed by atoms with van der Waals surface area (Å²) >= 11 is 0. The first-order valence-corrected chi connectivity index (χ1v) is 6.00.